The van der Waals surface area contributed by atoms with Crippen LogP contribution in [0.3, 0.4) is 0 Å². The van der Waals surface area contributed by atoms with E-state index in [0.29, 0.717) is 12.8 Å². The summed E-state index contributed by atoms with van der Waals surface area (Å²) in [6, 6.07) is 3.93. The van der Waals surface area contributed by atoms with E-state index in [9.17, 15) is 14.9 Å². The molecule has 1 aromatic rings. The van der Waals surface area contributed by atoms with Gasteiger partial charge in [-0.15, -0.1) is 0 Å². The summed E-state index contributed by atoms with van der Waals surface area (Å²) in [4.78, 5) is 21.2. The monoisotopic (exact) mass is 316 g/mol. The van der Waals surface area contributed by atoms with Crippen LogP contribution in [0.15, 0.2) is 18.2 Å². The van der Waals surface area contributed by atoms with E-state index in [1.165, 1.54) is 18.2 Å². The highest BCUT2D eigenvalue weighted by Crippen LogP contribution is 2.29. The number of halogens is 1. The molecule has 0 aliphatic carbocycles. The molecule has 7 nitrogen and oxygen atoms in total. The second kappa shape index (κ2) is 7.24. The van der Waals surface area contributed by atoms with Crippen molar-refractivity contribution >= 4 is 23.3 Å². The van der Waals surface area contributed by atoms with Gasteiger partial charge in [0.2, 0.25) is 0 Å². The molecule has 1 rings (SSSR count). The van der Waals surface area contributed by atoms with Crippen LogP contribution in [0.5, 0.6) is 5.75 Å². The van der Waals surface area contributed by atoms with Crippen LogP contribution in [0, 0.1) is 10.1 Å². The molecule has 0 saturated carbocycles. The average Bonchev–Trinajstić information content (AvgIpc) is 2.44. The normalized spacial score (nSPS) is 13.5. The number of likely N-dealkylation sites (N-methyl/N-ethyl adjacent to an activating group) is 1. The molecule has 1 atom stereocenters. The maximum Gasteiger partial charge on any atom is 0.323 e. The number of ether oxygens (including phenoxy) is 1. The van der Waals surface area contributed by atoms with Crippen molar-refractivity contribution in [2.24, 2.45) is 0 Å². The minimum Gasteiger partial charge on any atom is -0.492 e. The minimum absolute atomic E-state index is 0.111. The zero-order chi connectivity index (χ0) is 16.0. The van der Waals surface area contributed by atoms with Crippen LogP contribution in [0.2, 0.25) is 5.02 Å². The Balaban J connectivity index is 2.59. The molecular weight excluding hydrogens is 300 g/mol. The molecule has 116 valence electrons. The molecule has 0 radical (unpaired) electrons. The number of benzene rings is 1. The first-order chi connectivity index (χ1) is 9.80. The summed E-state index contributed by atoms with van der Waals surface area (Å²) in [6.07, 6.45) is 0.814. The van der Waals surface area contributed by atoms with Crippen LogP contribution < -0.4 is 10.1 Å². The van der Waals surface area contributed by atoms with E-state index in [1.54, 1.807) is 14.0 Å². The van der Waals surface area contributed by atoms with Gasteiger partial charge in [0.1, 0.15) is 11.3 Å². The van der Waals surface area contributed by atoms with Gasteiger partial charge in [0.15, 0.2) is 0 Å². The molecule has 21 heavy (non-hydrogen) atoms. The maximum absolute atomic E-state index is 11.1. The van der Waals surface area contributed by atoms with E-state index in [-0.39, 0.29) is 23.1 Å². The fourth-order valence-electron chi connectivity index (χ4n) is 1.66. The predicted molar refractivity (Wildman–Crippen MR) is 77.9 cm³/mol. The molecule has 0 amide bonds. The third-order valence-corrected chi connectivity index (χ3v) is 3.54. The Bertz CT molecular complexity index is 537. The topological polar surface area (TPSA) is 102 Å². The van der Waals surface area contributed by atoms with Gasteiger partial charge >= 0.3 is 5.97 Å². The number of hydrogen-bond donors (Lipinski definition) is 2. The SMILES string of the molecule is CNC(C)(CCCOc1cc([N+](=O)[O-])ccc1Cl)C(=O)O. The third kappa shape index (κ3) is 4.57. The van der Waals surface area contributed by atoms with Crippen molar-refractivity contribution in [1.29, 1.82) is 0 Å². The largest absolute Gasteiger partial charge is 0.492 e. The molecule has 0 aromatic heterocycles. The van der Waals surface area contributed by atoms with E-state index in [1.807, 2.05) is 0 Å². The molecule has 2 N–H and O–H groups in total. The Morgan fingerprint density at radius 3 is 2.76 bits per heavy atom. The number of nitrogens with zero attached hydrogens (tertiary/aromatic N) is 1. The smallest absolute Gasteiger partial charge is 0.323 e. The Morgan fingerprint density at radius 2 is 2.24 bits per heavy atom. The van der Waals surface area contributed by atoms with E-state index >= 15 is 0 Å². The number of carboxylic acid groups (broad SMARTS) is 1. The fraction of sp³-hybridized carbons (Fsp3) is 0.462. The fourth-order valence-corrected chi connectivity index (χ4v) is 1.84. The molecule has 8 heteroatoms. The van der Waals surface area contributed by atoms with E-state index in [4.69, 9.17) is 21.4 Å². The van der Waals surface area contributed by atoms with Crippen molar-refractivity contribution in [2.75, 3.05) is 13.7 Å². The van der Waals surface area contributed by atoms with Crippen molar-refractivity contribution in [3.8, 4) is 5.75 Å². The van der Waals surface area contributed by atoms with Gasteiger partial charge in [-0.1, -0.05) is 11.6 Å². The summed E-state index contributed by atoms with van der Waals surface area (Å²) < 4.78 is 5.39. The number of carboxylic acids is 1. The lowest BCUT2D eigenvalue weighted by Gasteiger charge is -2.23. The summed E-state index contributed by atoms with van der Waals surface area (Å²) in [5.41, 5.74) is -1.14. The van der Waals surface area contributed by atoms with Crippen molar-refractivity contribution in [3.63, 3.8) is 0 Å². The molecule has 0 aliphatic heterocycles. The molecule has 0 bridgehead atoms. The first-order valence-electron chi connectivity index (χ1n) is 6.29. The highest BCUT2D eigenvalue weighted by molar-refractivity contribution is 6.32. The molecule has 0 fully saturated rings. The van der Waals surface area contributed by atoms with Crippen molar-refractivity contribution in [3.05, 3.63) is 33.3 Å². The molecule has 0 spiro atoms. The summed E-state index contributed by atoms with van der Waals surface area (Å²) in [5.74, 6) is -0.731. The predicted octanol–water partition coefficient (Wildman–Crippen LogP) is 2.47. The summed E-state index contributed by atoms with van der Waals surface area (Å²) >= 11 is 5.89. The van der Waals surface area contributed by atoms with Crippen LogP contribution in [0.1, 0.15) is 19.8 Å². The van der Waals surface area contributed by atoms with Crippen molar-refractivity contribution in [2.45, 2.75) is 25.3 Å². The first kappa shape index (κ1) is 17.2. The Morgan fingerprint density at radius 1 is 1.57 bits per heavy atom. The van der Waals surface area contributed by atoms with Gasteiger partial charge in [-0.05, 0) is 32.9 Å². The lowest BCUT2D eigenvalue weighted by molar-refractivity contribution is -0.384. The number of nitro benzene ring substituents is 1. The maximum atomic E-state index is 11.1. The van der Waals surface area contributed by atoms with Gasteiger partial charge < -0.3 is 15.2 Å². The molecular formula is C13H17ClN2O5. The number of rotatable bonds is 8. The lowest BCUT2D eigenvalue weighted by Crippen LogP contribution is -2.47. The van der Waals surface area contributed by atoms with Gasteiger partial charge in [0.05, 0.1) is 22.6 Å². The first-order valence-corrected chi connectivity index (χ1v) is 6.67. The van der Waals surface area contributed by atoms with Gasteiger partial charge in [-0.2, -0.15) is 0 Å². The van der Waals surface area contributed by atoms with E-state index < -0.39 is 16.4 Å². The van der Waals surface area contributed by atoms with E-state index in [0.717, 1.165) is 0 Å². The van der Waals surface area contributed by atoms with E-state index in [2.05, 4.69) is 5.32 Å². The quantitative estimate of drug-likeness (QED) is 0.434. The van der Waals surface area contributed by atoms with Gasteiger partial charge in [-0.3, -0.25) is 14.9 Å². The van der Waals surface area contributed by atoms with Gasteiger partial charge in [-0.25, -0.2) is 0 Å². The number of non-ortho nitro benzene ring substituents is 1. The number of nitro groups is 1. The number of nitrogens with one attached hydrogen (secondary N) is 1. The number of hydrogen-bond acceptors (Lipinski definition) is 5. The second-order valence-corrected chi connectivity index (χ2v) is 5.12. The molecule has 1 aromatic carbocycles. The summed E-state index contributed by atoms with van der Waals surface area (Å²) in [6.45, 7) is 1.79. The standard InChI is InChI=1S/C13H17ClN2O5/c1-13(15-2,12(17)18)6-3-7-21-11-8-9(16(19)20)4-5-10(11)14/h4-5,8,15H,3,6-7H2,1-2H3,(H,17,18). The number of aliphatic carboxylic acids is 1. The van der Waals surface area contributed by atoms with Crippen LogP contribution >= 0.6 is 11.6 Å². The van der Waals surface area contributed by atoms with Gasteiger partial charge in [0, 0.05) is 6.07 Å². The number of carbonyl (C=O) groups is 1. The van der Waals surface area contributed by atoms with Crippen molar-refractivity contribution in [1.82, 2.24) is 5.32 Å². The summed E-state index contributed by atoms with van der Waals surface area (Å²) in [5, 5.41) is 22.8. The van der Waals surface area contributed by atoms with Crippen LogP contribution in [0.4, 0.5) is 5.69 Å². The molecule has 0 aliphatic rings. The Kier molecular flexibility index (Phi) is 5.92. The highest BCUT2D eigenvalue weighted by atomic mass is 35.5. The molecule has 0 heterocycles. The molecule has 0 saturated heterocycles. The summed E-state index contributed by atoms with van der Waals surface area (Å²) in [7, 11) is 1.58. The highest BCUT2D eigenvalue weighted by Gasteiger charge is 2.30. The Hall–Kier alpha value is -1.86. The zero-order valence-corrected chi connectivity index (χ0v) is 12.5. The lowest BCUT2D eigenvalue weighted by atomic mass is 9.96. The Labute approximate surface area is 127 Å². The molecule has 1 unspecified atom stereocenters. The average molecular weight is 317 g/mol. The zero-order valence-electron chi connectivity index (χ0n) is 11.8. The van der Waals surface area contributed by atoms with Crippen LogP contribution in [-0.4, -0.2) is 35.2 Å². The second-order valence-electron chi connectivity index (χ2n) is 4.71. The third-order valence-electron chi connectivity index (χ3n) is 3.23. The minimum atomic E-state index is -1.03. The van der Waals surface area contributed by atoms with Crippen LogP contribution in [0.25, 0.3) is 0 Å². The van der Waals surface area contributed by atoms with Crippen molar-refractivity contribution < 1.29 is 19.6 Å². The van der Waals surface area contributed by atoms with Crippen LogP contribution in [-0.2, 0) is 4.79 Å². The van der Waals surface area contributed by atoms with Gasteiger partial charge in [0.25, 0.3) is 5.69 Å².